The number of carbonyl (C=O) groups excluding carboxylic acids is 1. The van der Waals surface area contributed by atoms with Gasteiger partial charge in [0.05, 0.1) is 22.4 Å². The van der Waals surface area contributed by atoms with Crippen molar-refractivity contribution >= 4 is 23.2 Å². The molecule has 1 atom stereocenters. The van der Waals surface area contributed by atoms with E-state index in [4.69, 9.17) is 22.1 Å². The first-order valence-electron chi connectivity index (χ1n) is 6.12. The summed E-state index contributed by atoms with van der Waals surface area (Å²) in [6.45, 7) is 1.42. The highest BCUT2D eigenvalue weighted by Gasteiger charge is 2.16. The van der Waals surface area contributed by atoms with Crippen LogP contribution in [0.3, 0.4) is 0 Å². The van der Waals surface area contributed by atoms with E-state index in [9.17, 15) is 4.79 Å². The number of nitrogens with one attached hydrogen (secondary N) is 1. The van der Waals surface area contributed by atoms with Crippen molar-refractivity contribution in [2.24, 2.45) is 0 Å². The molecule has 5 heteroatoms. The van der Waals surface area contributed by atoms with E-state index in [0.29, 0.717) is 22.8 Å². The van der Waals surface area contributed by atoms with Crippen molar-refractivity contribution in [2.75, 3.05) is 18.9 Å². The minimum atomic E-state index is -0.190. The Balaban J connectivity index is 1.85. The van der Waals surface area contributed by atoms with Crippen molar-refractivity contribution in [3.05, 3.63) is 28.8 Å². The summed E-state index contributed by atoms with van der Waals surface area (Å²) in [7, 11) is 0. The number of hydrogen-bond acceptors (Lipinski definition) is 3. The largest absolute Gasteiger partial charge is 0.398 e. The van der Waals surface area contributed by atoms with Crippen LogP contribution in [0, 0.1) is 0 Å². The highest BCUT2D eigenvalue weighted by atomic mass is 35.5. The molecule has 1 aliphatic heterocycles. The Labute approximate surface area is 111 Å². The predicted molar refractivity (Wildman–Crippen MR) is 71.8 cm³/mol. The van der Waals surface area contributed by atoms with Crippen LogP contribution in [0.4, 0.5) is 5.69 Å². The van der Waals surface area contributed by atoms with Gasteiger partial charge in [-0.15, -0.1) is 0 Å². The Morgan fingerprint density at radius 3 is 3.11 bits per heavy atom. The molecular formula is C13H17ClN2O2. The Hall–Kier alpha value is -1.26. The summed E-state index contributed by atoms with van der Waals surface area (Å²) >= 11 is 5.98. The lowest BCUT2D eigenvalue weighted by Gasteiger charge is -2.11. The number of amides is 1. The molecule has 1 aromatic carbocycles. The van der Waals surface area contributed by atoms with Crippen LogP contribution in [-0.2, 0) is 4.74 Å². The molecule has 4 nitrogen and oxygen atoms in total. The maximum Gasteiger partial charge on any atom is 0.252 e. The first-order valence-corrected chi connectivity index (χ1v) is 6.50. The van der Waals surface area contributed by atoms with Crippen molar-refractivity contribution in [1.82, 2.24) is 5.32 Å². The number of carbonyl (C=O) groups is 1. The molecule has 0 aliphatic carbocycles. The SMILES string of the molecule is Nc1cccc(C(=O)NCCC2CCCO2)c1Cl. The number of rotatable bonds is 4. The summed E-state index contributed by atoms with van der Waals surface area (Å²) in [5, 5.41) is 3.15. The monoisotopic (exact) mass is 268 g/mol. The average Bonchev–Trinajstić information content (AvgIpc) is 2.85. The zero-order valence-electron chi connectivity index (χ0n) is 10.1. The van der Waals surface area contributed by atoms with Gasteiger partial charge in [0.15, 0.2) is 0 Å². The van der Waals surface area contributed by atoms with Crippen LogP contribution >= 0.6 is 11.6 Å². The number of benzene rings is 1. The molecule has 0 saturated carbocycles. The molecule has 18 heavy (non-hydrogen) atoms. The lowest BCUT2D eigenvalue weighted by Crippen LogP contribution is -2.27. The van der Waals surface area contributed by atoms with Gasteiger partial charge in [-0.2, -0.15) is 0 Å². The van der Waals surface area contributed by atoms with Crippen molar-refractivity contribution in [1.29, 1.82) is 0 Å². The van der Waals surface area contributed by atoms with E-state index < -0.39 is 0 Å². The summed E-state index contributed by atoms with van der Waals surface area (Å²) in [6.07, 6.45) is 3.31. The van der Waals surface area contributed by atoms with Gasteiger partial charge in [0, 0.05) is 13.2 Å². The number of hydrogen-bond donors (Lipinski definition) is 2. The van der Waals surface area contributed by atoms with E-state index >= 15 is 0 Å². The van der Waals surface area contributed by atoms with Crippen LogP contribution in [0.15, 0.2) is 18.2 Å². The first-order chi connectivity index (χ1) is 8.68. The molecule has 1 fully saturated rings. The predicted octanol–water partition coefficient (Wildman–Crippen LogP) is 2.22. The molecule has 1 unspecified atom stereocenters. The molecule has 0 aromatic heterocycles. The summed E-state index contributed by atoms with van der Waals surface area (Å²) in [5.74, 6) is -0.190. The van der Waals surface area contributed by atoms with E-state index in [1.54, 1.807) is 18.2 Å². The Kier molecular flexibility index (Phi) is 4.44. The van der Waals surface area contributed by atoms with E-state index in [-0.39, 0.29) is 12.0 Å². The van der Waals surface area contributed by atoms with Crippen LogP contribution in [0.1, 0.15) is 29.6 Å². The second-order valence-electron chi connectivity index (χ2n) is 4.39. The summed E-state index contributed by atoms with van der Waals surface area (Å²) < 4.78 is 5.49. The summed E-state index contributed by atoms with van der Waals surface area (Å²) in [6, 6.07) is 5.06. The van der Waals surface area contributed by atoms with Crippen LogP contribution in [0.25, 0.3) is 0 Å². The summed E-state index contributed by atoms with van der Waals surface area (Å²) in [5.41, 5.74) is 6.49. The standard InChI is InChI=1S/C13H17ClN2O2/c14-12-10(4-1-5-11(12)15)13(17)16-7-6-9-3-2-8-18-9/h1,4-5,9H,2-3,6-8,15H2,(H,16,17). The van der Waals surface area contributed by atoms with Gasteiger partial charge in [-0.25, -0.2) is 0 Å². The van der Waals surface area contributed by atoms with Crippen molar-refractivity contribution in [3.8, 4) is 0 Å². The van der Waals surface area contributed by atoms with Gasteiger partial charge in [-0.3, -0.25) is 4.79 Å². The normalized spacial score (nSPS) is 18.8. The Morgan fingerprint density at radius 2 is 2.39 bits per heavy atom. The lowest BCUT2D eigenvalue weighted by atomic mass is 10.1. The fourth-order valence-electron chi connectivity index (χ4n) is 2.04. The Bertz CT molecular complexity index is 431. The minimum absolute atomic E-state index is 0.190. The first kappa shape index (κ1) is 13.2. The van der Waals surface area contributed by atoms with Crippen molar-refractivity contribution in [2.45, 2.75) is 25.4 Å². The molecule has 0 spiro atoms. The maximum atomic E-state index is 11.9. The molecule has 1 heterocycles. The molecule has 0 radical (unpaired) electrons. The van der Waals surface area contributed by atoms with Gasteiger partial charge < -0.3 is 15.8 Å². The second-order valence-corrected chi connectivity index (χ2v) is 4.77. The zero-order chi connectivity index (χ0) is 13.0. The molecule has 98 valence electrons. The number of halogens is 1. The van der Waals surface area contributed by atoms with Gasteiger partial charge in [0.1, 0.15) is 0 Å². The molecule has 2 rings (SSSR count). The highest BCUT2D eigenvalue weighted by molar-refractivity contribution is 6.36. The van der Waals surface area contributed by atoms with Crippen LogP contribution < -0.4 is 11.1 Å². The molecule has 3 N–H and O–H groups in total. The van der Waals surface area contributed by atoms with E-state index in [2.05, 4.69) is 5.32 Å². The van der Waals surface area contributed by atoms with Crippen molar-refractivity contribution < 1.29 is 9.53 Å². The maximum absolute atomic E-state index is 11.9. The van der Waals surface area contributed by atoms with Gasteiger partial charge >= 0.3 is 0 Å². The molecule has 1 saturated heterocycles. The average molecular weight is 269 g/mol. The van der Waals surface area contributed by atoms with Gasteiger partial charge in [-0.1, -0.05) is 17.7 Å². The second kappa shape index (κ2) is 6.07. The topological polar surface area (TPSA) is 64.4 Å². The number of ether oxygens (including phenoxy) is 1. The van der Waals surface area contributed by atoms with Crippen LogP contribution in [0.2, 0.25) is 5.02 Å². The third-order valence-corrected chi connectivity index (χ3v) is 3.47. The molecule has 1 aliphatic rings. The lowest BCUT2D eigenvalue weighted by molar-refractivity contribution is 0.0907. The van der Waals surface area contributed by atoms with Crippen molar-refractivity contribution in [3.63, 3.8) is 0 Å². The van der Waals surface area contributed by atoms with E-state index in [1.165, 1.54) is 0 Å². The third kappa shape index (κ3) is 3.15. The summed E-state index contributed by atoms with van der Waals surface area (Å²) in [4.78, 5) is 11.9. The van der Waals surface area contributed by atoms with Gasteiger partial charge in [-0.05, 0) is 31.4 Å². The number of anilines is 1. The molecule has 1 aromatic rings. The van der Waals surface area contributed by atoms with Gasteiger partial charge in [0.25, 0.3) is 5.91 Å². The van der Waals surface area contributed by atoms with E-state index in [0.717, 1.165) is 25.9 Å². The van der Waals surface area contributed by atoms with Gasteiger partial charge in [0.2, 0.25) is 0 Å². The van der Waals surface area contributed by atoms with Crippen LogP contribution in [0.5, 0.6) is 0 Å². The number of nitrogens with two attached hydrogens (primary N) is 1. The minimum Gasteiger partial charge on any atom is -0.398 e. The fraction of sp³-hybridized carbons (Fsp3) is 0.462. The Morgan fingerprint density at radius 1 is 1.56 bits per heavy atom. The third-order valence-electron chi connectivity index (χ3n) is 3.05. The molecule has 1 amide bonds. The van der Waals surface area contributed by atoms with Crippen LogP contribution in [-0.4, -0.2) is 25.2 Å². The quantitative estimate of drug-likeness (QED) is 0.823. The molecule has 0 bridgehead atoms. The van der Waals surface area contributed by atoms with E-state index in [1.807, 2.05) is 0 Å². The fourth-order valence-corrected chi connectivity index (χ4v) is 2.25. The highest BCUT2D eigenvalue weighted by Crippen LogP contribution is 2.22. The smallest absolute Gasteiger partial charge is 0.252 e. The zero-order valence-corrected chi connectivity index (χ0v) is 10.9. The molecular weight excluding hydrogens is 252 g/mol. The number of nitrogen functional groups attached to an aromatic ring is 1.